The van der Waals surface area contributed by atoms with Gasteiger partial charge in [0.2, 0.25) is 0 Å². The van der Waals surface area contributed by atoms with E-state index in [4.69, 9.17) is 10.8 Å². The second-order valence-electron chi connectivity index (χ2n) is 3.78. The van der Waals surface area contributed by atoms with Gasteiger partial charge < -0.3 is 10.8 Å². The maximum atomic E-state index is 8.67. The molecule has 1 aliphatic carbocycles. The quantitative estimate of drug-likeness (QED) is 0.691. The van der Waals surface area contributed by atoms with Crippen LogP contribution in [0.2, 0.25) is 0 Å². The van der Waals surface area contributed by atoms with Gasteiger partial charge in [-0.25, -0.2) is 0 Å². The van der Waals surface area contributed by atoms with E-state index in [1.54, 1.807) is 0 Å². The van der Waals surface area contributed by atoms with E-state index in [2.05, 4.69) is 6.58 Å². The molecule has 0 spiro atoms. The fourth-order valence-electron chi connectivity index (χ4n) is 1.87. The van der Waals surface area contributed by atoms with Crippen LogP contribution in [0, 0.1) is 5.92 Å². The van der Waals surface area contributed by atoms with Crippen LogP contribution < -0.4 is 5.73 Å². The number of hydrogen-bond acceptors (Lipinski definition) is 2. The Kier molecular flexibility index (Phi) is 6.39. The standard InChI is InChI=1S/C10H19NO.ClH/c1-8-7-9(3-2-6-12)4-5-10(8)11;/h9-10,12H,1-7,11H2;1H/t9-,10+;/m1./s1. The summed E-state index contributed by atoms with van der Waals surface area (Å²) in [4.78, 5) is 0. The maximum absolute atomic E-state index is 8.67. The van der Waals surface area contributed by atoms with Gasteiger partial charge in [-0.15, -0.1) is 12.4 Å². The third-order valence-electron chi connectivity index (χ3n) is 2.73. The van der Waals surface area contributed by atoms with Gasteiger partial charge in [-0.1, -0.05) is 12.2 Å². The largest absolute Gasteiger partial charge is 0.396 e. The minimum Gasteiger partial charge on any atom is -0.396 e. The molecule has 0 aromatic rings. The monoisotopic (exact) mass is 205 g/mol. The Hall–Kier alpha value is -0.0500. The smallest absolute Gasteiger partial charge is 0.0431 e. The van der Waals surface area contributed by atoms with E-state index in [1.807, 2.05) is 0 Å². The van der Waals surface area contributed by atoms with Crippen molar-refractivity contribution in [3.63, 3.8) is 0 Å². The van der Waals surface area contributed by atoms with E-state index in [0.29, 0.717) is 6.61 Å². The SMILES string of the molecule is C=C1C[C@H](CCCO)CC[C@@H]1N.Cl. The summed E-state index contributed by atoms with van der Waals surface area (Å²) >= 11 is 0. The van der Waals surface area contributed by atoms with Crippen LogP contribution in [-0.4, -0.2) is 17.8 Å². The summed E-state index contributed by atoms with van der Waals surface area (Å²) in [6.45, 7) is 4.28. The van der Waals surface area contributed by atoms with Crippen LogP contribution in [0.3, 0.4) is 0 Å². The zero-order valence-electron chi connectivity index (χ0n) is 8.04. The number of nitrogens with two attached hydrogens (primary N) is 1. The van der Waals surface area contributed by atoms with Crippen molar-refractivity contribution in [1.29, 1.82) is 0 Å². The molecule has 0 radical (unpaired) electrons. The lowest BCUT2D eigenvalue weighted by Gasteiger charge is -2.28. The van der Waals surface area contributed by atoms with Gasteiger partial charge in [0.15, 0.2) is 0 Å². The Morgan fingerprint density at radius 3 is 2.69 bits per heavy atom. The van der Waals surface area contributed by atoms with Crippen molar-refractivity contribution in [2.24, 2.45) is 11.7 Å². The number of rotatable bonds is 3. The van der Waals surface area contributed by atoms with Gasteiger partial charge in [0.25, 0.3) is 0 Å². The molecule has 2 nitrogen and oxygen atoms in total. The average molecular weight is 206 g/mol. The van der Waals surface area contributed by atoms with Crippen LogP contribution in [0.15, 0.2) is 12.2 Å². The van der Waals surface area contributed by atoms with Crippen molar-refractivity contribution in [2.45, 2.75) is 38.1 Å². The highest BCUT2D eigenvalue weighted by atomic mass is 35.5. The second kappa shape index (κ2) is 6.41. The summed E-state index contributed by atoms with van der Waals surface area (Å²) in [5.41, 5.74) is 7.02. The van der Waals surface area contributed by atoms with E-state index in [1.165, 1.54) is 12.0 Å². The Morgan fingerprint density at radius 1 is 1.46 bits per heavy atom. The minimum atomic E-state index is 0. The highest BCUT2D eigenvalue weighted by Gasteiger charge is 2.20. The van der Waals surface area contributed by atoms with Crippen LogP contribution in [-0.2, 0) is 0 Å². The minimum absolute atomic E-state index is 0. The fourth-order valence-corrected chi connectivity index (χ4v) is 1.87. The molecule has 1 saturated carbocycles. The summed E-state index contributed by atoms with van der Waals surface area (Å²) in [6.07, 6.45) is 5.41. The number of hydrogen-bond donors (Lipinski definition) is 2. The zero-order chi connectivity index (χ0) is 8.97. The Bertz CT molecular complexity index is 159. The van der Waals surface area contributed by atoms with Crippen molar-refractivity contribution in [3.05, 3.63) is 12.2 Å². The normalized spacial score (nSPS) is 28.3. The van der Waals surface area contributed by atoms with E-state index in [0.717, 1.165) is 31.6 Å². The molecule has 0 amide bonds. The molecular weight excluding hydrogens is 186 g/mol. The van der Waals surface area contributed by atoms with E-state index < -0.39 is 0 Å². The van der Waals surface area contributed by atoms with Crippen molar-refractivity contribution in [2.75, 3.05) is 6.61 Å². The van der Waals surface area contributed by atoms with Gasteiger partial charge in [0, 0.05) is 12.6 Å². The zero-order valence-corrected chi connectivity index (χ0v) is 8.85. The topological polar surface area (TPSA) is 46.2 Å². The third-order valence-corrected chi connectivity index (χ3v) is 2.73. The molecule has 3 N–H and O–H groups in total. The van der Waals surface area contributed by atoms with Crippen molar-refractivity contribution >= 4 is 12.4 Å². The molecule has 0 aromatic heterocycles. The molecule has 0 bridgehead atoms. The van der Waals surface area contributed by atoms with E-state index in [-0.39, 0.29) is 18.4 Å². The van der Waals surface area contributed by atoms with Crippen LogP contribution in [0.5, 0.6) is 0 Å². The fraction of sp³-hybridized carbons (Fsp3) is 0.800. The molecule has 3 heteroatoms. The highest BCUT2D eigenvalue weighted by Crippen LogP contribution is 2.29. The Labute approximate surface area is 86.6 Å². The summed E-state index contributed by atoms with van der Waals surface area (Å²) in [6, 6.07) is 0.232. The first-order valence-corrected chi connectivity index (χ1v) is 4.78. The number of aliphatic hydroxyl groups excluding tert-OH is 1. The predicted molar refractivity (Wildman–Crippen MR) is 58.0 cm³/mol. The highest BCUT2D eigenvalue weighted by molar-refractivity contribution is 5.85. The molecule has 0 aromatic carbocycles. The molecule has 0 heterocycles. The first-order chi connectivity index (χ1) is 5.74. The number of aliphatic hydroxyl groups is 1. The van der Waals surface area contributed by atoms with Crippen molar-refractivity contribution in [3.8, 4) is 0 Å². The van der Waals surface area contributed by atoms with Crippen LogP contribution in [0.4, 0.5) is 0 Å². The maximum Gasteiger partial charge on any atom is 0.0431 e. The first-order valence-electron chi connectivity index (χ1n) is 4.78. The van der Waals surface area contributed by atoms with E-state index in [9.17, 15) is 0 Å². The summed E-state index contributed by atoms with van der Waals surface area (Å²) in [7, 11) is 0. The van der Waals surface area contributed by atoms with Gasteiger partial charge in [0.1, 0.15) is 0 Å². The molecule has 1 fully saturated rings. The lowest BCUT2D eigenvalue weighted by molar-refractivity contribution is 0.260. The van der Waals surface area contributed by atoms with Crippen LogP contribution >= 0.6 is 12.4 Å². The molecule has 1 rings (SSSR count). The van der Waals surface area contributed by atoms with Gasteiger partial charge in [-0.3, -0.25) is 0 Å². The molecule has 0 saturated heterocycles. The van der Waals surface area contributed by atoms with Gasteiger partial charge in [0.05, 0.1) is 0 Å². The average Bonchev–Trinajstić information content (AvgIpc) is 2.07. The van der Waals surface area contributed by atoms with Crippen molar-refractivity contribution in [1.82, 2.24) is 0 Å². The molecule has 78 valence electrons. The molecule has 0 unspecified atom stereocenters. The summed E-state index contributed by atoms with van der Waals surface area (Å²) in [5, 5.41) is 8.67. The van der Waals surface area contributed by atoms with Crippen molar-refractivity contribution < 1.29 is 5.11 Å². The first kappa shape index (κ1) is 12.9. The summed E-state index contributed by atoms with van der Waals surface area (Å²) < 4.78 is 0. The molecule has 2 atom stereocenters. The van der Waals surface area contributed by atoms with E-state index >= 15 is 0 Å². The lowest BCUT2D eigenvalue weighted by Crippen LogP contribution is -2.28. The Balaban J connectivity index is 0.00000144. The Morgan fingerprint density at radius 2 is 2.15 bits per heavy atom. The van der Waals surface area contributed by atoms with Crippen LogP contribution in [0.25, 0.3) is 0 Å². The third kappa shape index (κ3) is 4.12. The molecular formula is C10H20ClNO. The second-order valence-corrected chi connectivity index (χ2v) is 3.78. The number of halogens is 1. The summed E-state index contributed by atoms with van der Waals surface area (Å²) in [5.74, 6) is 0.726. The molecule has 13 heavy (non-hydrogen) atoms. The lowest BCUT2D eigenvalue weighted by atomic mass is 9.81. The van der Waals surface area contributed by atoms with Gasteiger partial charge in [-0.05, 0) is 38.0 Å². The van der Waals surface area contributed by atoms with Gasteiger partial charge >= 0.3 is 0 Å². The van der Waals surface area contributed by atoms with Gasteiger partial charge in [-0.2, -0.15) is 0 Å². The molecule has 1 aliphatic rings. The predicted octanol–water partition coefficient (Wildman–Crippen LogP) is 1.86. The molecule has 0 aliphatic heterocycles. The van der Waals surface area contributed by atoms with Crippen LogP contribution in [0.1, 0.15) is 32.1 Å².